The Balaban J connectivity index is 1.79. The molecule has 1 aliphatic rings. The van der Waals surface area contributed by atoms with Crippen LogP contribution in [0.2, 0.25) is 0 Å². The van der Waals surface area contributed by atoms with E-state index < -0.39 is 0 Å². The summed E-state index contributed by atoms with van der Waals surface area (Å²) in [7, 11) is 3.99. The Morgan fingerprint density at radius 3 is 2.62 bits per heavy atom. The molecule has 1 saturated heterocycles. The molecule has 1 atom stereocenters. The standard InChI is InChI=1S/C16H27N3O2/c1-18(2)14(15-8-7-11-21-15)12-17-16(20)13-19-9-5-3-4-6-10-19/h7-8,11,14H,3-6,9-10,12-13H2,1-2H3,(H,17,20). The van der Waals surface area contributed by atoms with Crippen molar-refractivity contribution in [3.05, 3.63) is 24.2 Å². The van der Waals surface area contributed by atoms with E-state index in [1.54, 1.807) is 6.26 Å². The fourth-order valence-corrected chi connectivity index (χ4v) is 2.78. The molecule has 1 N–H and O–H groups in total. The topological polar surface area (TPSA) is 48.7 Å². The lowest BCUT2D eigenvalue weighted by Gasteiger charge is -2.24. The zero-order valence-electron chi connectivity index (χ0n) is 13.2. The van der Waals surface area contributed by atoms with Gasteiger partial charge >= 0.3 is 0 Å². The Bertz CT molecular complexity index is 409. The van der Waals surface area contributed by atoms with Crippen LogP contribution in [0.25, 0.3) is 0 Å². The van der Waals surface area contributed by atoms with Gasteiger partial charge in [-0.1, -0.05) is 12.8 Å². The fourth-order valence-electron chi connectivity index (χ4n) is 2.78. The lowest BCUT2D eigenvalue weighted by molar-refractivity contribution is -0.122. The van der Waals surface area contributed by atoms with Gasteiger partial charge in [0.2, 0.25) is 5.91 Å². The highest BCUT2D eigenvalue weighted by Gasteiger charge is 2.19. The van der Waals surface area contributed by atoms with Crippen LogP contribution in [-0.4, -0.2) is 56.0 Å². The summed E-state index contributed by atoms with van der Waals surface area (Å²) in [6, 6.07) is 3.91. The smallest absolute Gasteiger partial charge is 0.234 e. The first-order chi connectivity index (χ1) is 10.2. The van der Waals surface area contributed by atoms with E-state index in [0.717, 1.165) is 18.8 Å². The van der Waals surface area contributed by atoms with Crippen molar-refractivity contribution in [2.45, 2.75) is 31.7 Å². The largest absolute Gasteiger partial charge is 0.468 e. The molecule has 1 amide bonds. The third-order valence-corrected chi connectivity index (χ3v) is 4.05. The van der Waals surface area contributed by atoms with Gasteiger partial charge in [0.1, 0.15) is 5.76 Å². The van der Waals surface area contributed by atoms with Crippen LogP contribution >= 0.6 is 0 Å². The molecule has 5 heteroatoms. The number of rotatable bonds is 6. The molecule has 2 heterocycles. The normalized spacial score (nSPS) is 18.4. The molecule has 0 spiro atoms. The summed E-state index contributed by atoms with van der Waals surface area (Å²) in [5.41, 5.74) is 0. The minimum Gasteiger partial charge on any atom is -0.468 e. The molecular formula is C16H27N3O2. The van der Waals surface area contributed by atoms with Crippen molar-refractivity contribution < 1.29 is 9.21 Å². The van der Waals surface area contributed by atoms with Crippen molar-refractivity contribution in [2.24, 2.45) is 0 Å². The van der Waals surface area contributed by atoms with E-state index in [0.29, 0.717) is 13.1 Å². The number of nitrogens with zero attached hydrogens (tertiary/aromatic N) is 2. The minimum atomic E-state index is 0.0769. The first kappa shape index (κ1) is 16.0. The average Bonchev–Trinajstić information content (AvgIpc) is 2.84. The van der Waals surface area contributed by atoms with E-state index in [2.05, 4.69) is 15.1 Å². The second-order valence-corrected chi connectivity index (χ2v) is 5.99. The number of likely N-dealkylation sites (tertiary alicyclic amines) is 1. The fraction of sp³-hybridized carbons (Fsp3) is 0.688. The molecule has 0 radical (unpaired) electrons. The van der Waals surface area contributed by atoms with Gasteiger partial charge in [0.05, 0.1) is 18.8 Å². The van der Waals surface area contributed by atoms with Crippen LogP contribution in [0.3, 0.4) is 0 Å². The molecule has 0 aromatic carbocycles. The number of carbonyl (C=O) groups is 1. The highest BCUT2D eigenvalue weighted by Crippen LogP contribution is 2.17. The second-order valence-electron chi connectivity index (χ2n) is 5.99. The molecule has 0 saturated carbocycles. The van der Waals surface area contributed by atoms with Crippen molar-refractivity contribution in [1.29, 1.82) is 0 Å². The highest BCUT2D eigenvalue weighted by molar-refractivity contribution is 5.78. The maximum absolute atomic E-state index is 12.1. The predicted octanol–water partition coefficient (Wildman–Crippen LogP) is 1.87. The van der Waals surface area contributed by atoms with E-state index >= 15 is 0 Å². The minimum absolute atomic E-state index is 0.0769. The maximum atomic E-state index is 12.1. The Labute approximate surface area is 127 Å². The SMILES string of the molecule is CN(C)C(CNC(=O)CN1CCCCCC1)c1ccco1. The van der Waals surface area contributed by atoms with Gasteiger partial charge in [-0.15, -0.1) is 0 Å². The summed E-state index contributed by atoms with van der Waals surface area (Å²) in [5, 5.41) is 3.04. The van der Waals surface area contributed by atoms with Gasteiger partial charge in [0, 0.05) is 6.54 Å². The van der Waals surface area contributed by atoms with Crippen LogP contribution in [0.4, 0.5) is 0 Å². The lowest BCUT2D eigenvalue weighted by Crippen LogP contribution is -2.41. The third kappa shape index (κ3) is 5.17. The van der Waals surface area contributed by atoms with Crippen LogP contribution in [0, 0.1) is 0 Å². The molecule has 1 aliphatic heterocycles. The van der Waals surface area contributed by atoms with Gasteiger partial charge in [-0.05, 0) is 52.2 Å². The number of nitrogens with one attached hydrogen (secondary N) is 1. The van der Waals surface area contributed by atoms with E-state index in [9.17, 15) is 4.79 Å². The van der Waals surface area contributed by atoms with Crippen LogP contribution in [0.1, 0.15) is 37.5 Å². The van der Waals surface area contributed by atoms with Gasteiger partial charge in [-0.25, -0.2) is 0 Å². The predicted molar refractivity (Wildman–Crippen MR) is 83.1 cm³/mol. The molecule has 5 nitrogen and oxygen atoms in total. The van der Waals surface area contributed by atoms with Crippen LogP contribution < -0.4 is 5.32 Å². The first-order valence-electron chi connectivity index (χ1n) is 7.85. The van der Waals surface area contributed by atoms with Gasteiger partial charge < -0.3 is 9.73 Å². The molecule has 1 aromatic rings. The van der Waals surface area contributed by atoms with Crippen molar-refractivity contribution >= 4 is 5.91 Å². The summed E-state index contributed by atoms with van der Waals surface area (Å²) < 4.78 is 5.45. The summed E-state index contributed by atoms with van der Waals surface area (Å²) in [6.45, 7) is 3.18. The quantitative estimate of drug-likeness (QED) is 0.870. The zero-order valence-corrected chi connectivity index (χ0v) is 13.2. The molecular weight excluding hydrogens is 266 g/mol. The Morgan fingerprint density at radius 1 is 1.33 bits per heavy atom. The Morgan fingerprint density at radius 2 is 2.05 bits per heavy atom. The highest BCUT2D eigenvalue weighted by atomic mass is 16.3. The van der Waals surface area contributed by atoms with E-state index in [1.165, 1.54) is 25.7 Å². The number of hydrogen-bond acceptors (Lipinski definition) is 4. The van der Waals surface area contributed by atoms with Gasteiger partial charge in [0.25, 0.3) is 0 Å². The van der Waals surface area contributed by atoms with Crippen molar-refractivity contribution in [1.82, 2.24) is 15.1 Å². The average molecular weight is 293 g/mol. The van der Waals surface area contributed by atoms with Crippen LogP contribution in [0.15, 0.2) is 22.8 Å². The molecule has 21 heavy (non-hydrogen) atoms. The van der Waals surface area contributed by atoms with Gasteiger partial charge in [-0.2, -0.15) is 0 Å². The second kappa shape index (κ2) is 8.20. The number of hydrogen-bond donors (Lipinski definition) is 1. The van der Waals surface area contributed by atoms with Crippen molar-refractivity contribution in [3.8, 4) is 0 Å². The molecule has 2 rings (SSSR count). The first-order valence-corrected chi connectivity index (χ1v) is 7.85. The zero-order chi connectivity index (χ0) is 15.1. The summed E-state index contributed by atoms with van der Waals surface area (Å²) in [4.78, 5) is 16.4. The number of carbonyl (C=O) groups excluding carboxylic acids is 1. The number of furan rings is 1. The van der Waals surface area contributed by atoms with Crippen LogP contribution in [0.5, 0.6) is 0 Å². The summed E-state index contributed by atoms with van der Waals surface area (Å²) in [5.74, 6) is 0.991. The maximum Gasteiger partial charge on any atom is 0.234 e. The van der Waals surface area contributed by atoms with Gasteiger partial charge in [0.15, 0.2) is 0 Å². The molecule has 118 valence electrons. The summed E-state index contributed by atoms with van der Waals surface area (Å²) in [6.07, 6.45) is 6.67. The van der Waals surface area contributed by atoms with Gasteiger partial charge in [-0.3, -0.25) is 14.6 Å². The Hall–Kier alpha value is -1.33. The molecule has 0 bridgehead atoms. The molecule has 1 fully saturated rings. The van der Waals surface area contributed by atoms with Crippen LogP contribution in [-0.2, 0) is 4.79 Å². The number of likely N-dealkylation sites (N-methyl/N-ethyl adjacent to an activating group) is 1. The molecule has 1 unspecified atom stereocenters. The number of amides is 1. The molecule has 1 aromatic heterocycles. The van der Waals surface area contributed by atoms with E-state index in [-0.39, 0.29) is 11.9 Å². The van der Waals surface area contributed by atoms with E-state index in [4.69, 9.17) is 4.42 Å². The summed E-state index contributed by atoms with van der Waals surface area (Å²) >= 11 is 0. The molecule has 0 aliphatic carbocycles. The van der Waals surface area contributed by atoms with Crippen molar-refractivity contribution in [2.75, 3.05) is 40.3 Å². The van der Waals surface area contributed by atoms with Crippen molar-refractivity contribution in [3.63, 3.8) is 0 Å². The monoisotopic (exact) mass is 293 g/mol. The van der Waals surface area contributed by atoms with E-state index in [1.807, 2.05) is 26.2 Å². The third-order valence-electron chi connectivity index (χ3n) is 4.05. The lowest BCUT2D eigenvalue weighted by atomic mass is 10.2. The Kier molecular flexibility index (Phi) is 6.26.